The summed E-state index contributed by atoms with van der Waals surface area (Å²) in [5, 5.41) is 10.9. The van der Waals surface area contributed by atoms with Crippen LogP contribution in [-0.2, 0) is 14.1 Å². The number of hydrogen-bond donors (Lipinski definition) is 0. The van der Waals surface area contributed by atoms with Crippen LogP contribution < -0.4 is 33.9 Å². The molecule has 0 saturated heterocycles. The second-order valence-corrected chi connectivity index (χ2v) is 28.3. The first kappa shape index (κ1) is 125. The van der Waals surface area contributed by atoms with E-state index in [1.807, 2.05) is 208 Å². The molecule has 738 valence electrons. The first-order valence-electron chi connectivity index (χ1n) is 51.7. The topological polar surface area (TPSA) is 43.0 Å². The molecule has 135 heavy (non-hydrogen) atoms. The van der Waals surface area contributed by atoms with Gasteiger partial charge in [-0.1, -0.05) is 396 Å². The number of benzene rings is 10. The van der Waals surface area contributed by atoms with E-state index >= 15 is 0 Å². The quantitative estimate of drug-likeness (QED) is 0.128. The van der Waals surface area contributed by atoms with E-state index in [0.29, 0.717) is 18.5 Å². The Morgan fingerprint density at radius 3 is 1.19 bits per heavy atom. The van der Waals surface area contributed by atoms with Gasteiger partial charge in [0, 0.05) is 116 Å². The lowest BCUT2D eigenvalue weighted by Gasteiger charge is -2.36. The lowest BCUT2D eigenvalue weighted by molar-refractivity contribution is -0.735. The van der Waals surface area contributed by atoms with Gasteiger partial charge in [0.2, 0.25) is 0 Å². The normalized spacial score (nSPS) is 13.1. The van der Waals surface area contributed by atoms with Gasteiger partial charge in [-0.2, -0.15) is 4.57 Å². The summed E-state index contributed by atoms with van der Waals surface area (Å²) >= 11 is 0. The summed E-state index contributed by atoms with van der Waals surface area (Å²) in [6, 6.07) is 88.2. The third kappa shape index (κ3) is 31.1. The third-order valence-electron chi connectivity index (χ3n) is 21.6. The molecule has 0 unspecified atom stereocenters. The summed E-state index contributed by atoms with van der Waals surface area (Å²) in [5.41, 5.74) is 26.1. The Labute approximate surface area is 826 Å². The molecule has 4 aromatic heterocycles. The molecular formula is C123H188N12+2. The van der Waals surface area contributed by atoms with E-state index in [1.54, 1.807) is 0 Å². The first-order valence-corrected chi connectivity index (χ1v) is 51.7. The van der Waals surface area contributed by atoms with Crippen molar-refractivity contribution in [3.8, 4) is 16.9 Å². The van der Waals surface area contributed by atoms with Gasteiger partial charge in [-0.15, -0.1) is 9.20 Å². The maximum Gasteiger partial charge on any atom is 0.286 e. The number of likely N-dealkylation sites (N-methyl/N-ethyl adjacent to an activating group) is 1. The highest BCUT2D eigenvalue weighted by atomic mass is 15.6. The van der Waals surface area contributed by atoms with Crippen molar-refractivity contribution in [3.63, 3.8) is 0 Å². The van der Waals surface area contributed by atoms with E-state index in [4.69, 9.17) is 0 Å². The molecule has 14 aromatic rings. The first-order chi connectivity index (χ1) is 65.9. The zero-order valence-corrected chi connectivity index (χ0v) is 93.5. The van der Waals surface area contributed by atoms with Gasteiger partial charge in [-0.05, 0) is 161 Å². The number of para-hydroxylation sites is 9. The van der Waals surface area contributed by atoms with Crippen LogP contribution in [0.4, 0.5) is 34.1 Å². The molecule has 5 aliphatic heterocycles. The van der Waals surface area contributed by atoms with Crippen LogP contribution in [0.25, 0.3) is 71.6 Å². The maximum absolute atomic E-state index is 2.47. The van der Waals surface area contributed by atoms with E-state index in [9.17, 15) is 0 Å². The minimum absolute atomic E-state index is 0.350. The molecular weight excluding hydrogens is 1650 g/mol. The van der Waals surface area contributed by atoms with Crippen molar-refractivity contribution in [3.05, 3.63) is 331 Å². The van der Waals surface area contributed by atoms with Crippen molar-refractivity contribution >= 4 is 88.8 Å². The summed E-state index contributed by atoms with van der Waals surface area (Å²) in [6.45, 7) is 80.7. The van der Waals surface area contributed by atoms with Gasteiger partial charge < -0.3 is 29.4 Å². The predicted molar refractivity (Wildman–Crippen MR) is 613 cm³/mol. The number of rotatable bonds is 4. The number of pyridine rings is 2. The Hall–Kier alpha value is -11.9. The van der Waals surface area contributed by atoms with Gasteiger partial charge in [-0.25, -0.2) is 9.58 Å². The van der Waals surface area contributed by atoms with Gasteiger partial charge in [0.15, 0.2) is 13.2 Å². The smallest absolute Gasteiger partial charge is 0.286 e. The number of anilines is 6. The van der Waals surface area contributed by atoms with Crippen molar-refractivity contribution in [1.29, 1.82) is 0 Å². The molecule has 0 bridgehead atoms. The number of fused-ring (bicyclic) bond motifs is 16. The summed E-state index contributed by atoms with van der Waals surface area (Å²) in [6.07, 6.45) is 16.1. The minimum atomic E-state index is 0.350. The van der Waals surface area contributed by atoms with Gasteiger partial charge in [0.05, 0.1) is 41.7 Å². The fourth-order valence-corrected chi connectivity index (χ4v) is 15.7. The third-order valence-corrected chi connectivity index (χ3v) is 21.6. The summed E-state index contributed by atoms with van der Waals surface area (Å²) < 4.78 is 8.97. The maximum atomic E-state index is 2.47. The van der Waals surface area contributed by atoms with Crippen molar-refractivity contribution in [1.82, 2.24) is 23.9 Å². The number of hydrazine groups is 1. The average molecular weight is 1830 g/mol. The Morgan fingerprint density at radius 1 is 0.289 bits per heavy atom. The molecule has 12 nitrogen and oxygen atoms in total. The number of aromatic nitrogens is 4. The van der Waals surface area contributed by atoms with Crippen LogP contribution in [0.15, 0.2) is 292 Å². The van der Waals surface area contributed by atoms with Gasteiger partial charge in [0.1, 0.15) is 40.6 Å². The molecule has 5 aliphatic rings. The zero-order chi connectivity index (χ0) is 103. The molecule has 0 amide bonds. The monoisotopic (exact) mass is 1830 g/mol. The second kappa shape index (κ2) is 69.9. The van der Waals surface area contributed by atoms with Gasteiger partial charge in [-0.3, -0.25) is 5.01 Å². The molecule has 0 N–H and O–H groups in total. The predicted octanol–water partition coefficient (Wildman–Crippen LogP) is 35.4. The Bertz CT molecular complexity index is 5620. The summed E-state index contributed by atoms with van der Waals surface area (Å²) in [5.74, 6) is 1.18. The largest absolute Gasteiger partial charge is 0.359 e. The van der Waals surface area contributed by atoms with E-state index in [-0.39, 0.29) is 0 Å². The second-order valence-electron chi connectivity index (χ2n) is 28.3. The van der Waals surface area contributed by atoms with Crippen molar-refractivity contribution in [2.45, 2.75) is 289 Å². The highest BCUT2D eigenvalue weighted by molar-refractivity contribution is 6.13. The minimum Gasteiger partial charge on any atom is -0.359 e. The molecule has 19 rings (SSSR count). The molecule has 3 atom stereocenters. The van der Waals surface area contributed by atoms with Gasteiger partial charge >= 0.3 is 0 Å². The molecule has 0 spiro atoms. The lowest BCUT2D eigenvalue weighted by Crippen LogP contribution is -2.36. The van der Waals surface area contributed by atoms with E-state index in [2.05, 4.69) is 454 Å². The van der Waals surface area contributed by atoms with Crippen molar-refractivity contribution in [2.24, 2.45) is 14.1 Å². The van der Waals surface area contributed by atoms with Crippen molar-refractivity contribution in [2.75, 3.05) is 59.3 Å². The van der Waals surface area contributed by atoms with E-state index < -0.39 is 0 Å². The molecule has 12 heteroatoms. The fraction of sp³-hybridized carbons (Fsp3) is 0.398. The van der Waals surface area contributed by atoms with Gasteiger partial charge in [0.25, 0.3) is 5.82 Å². The highest BCUT2D eigenvalue weighted by Gasteiger charge is 2.37. The van der Waals surface area contributed by atoms with Crippen LogP contribution in [0, 0.1) is 41.5 Å². The van der Waals surface area contributed by atoms with E-state index in [1.165, 1.54) is 145 Å². The zero-order valence-electron chi connectivity index (χ0n) is 93.5. The number of hydrogen-bond acceptors (Lipinski definition) is 8. The fourth-order valence-electron chi connectivity index (χ4n) is 15.7. The molecule has 9 heterocycles. The summed E-state index contributed by atoms with van der Waals surface area (Å²) in [4.78, 5) is 14.0. The van der Waals surface area contributed by atoms with Crippen LogP contribution in [0.1, 0.15) is 267 Å². The molecule has 10 aromatic carbocycles. The number of aryl methyl sites for hydroxylation is 8. The average Bonchev–Trinajstić information content (AvgIpc) is 1.69. The Morgan fingerprint density at radius 2 is 0.689 bits per heavy atom. The van der Waals surface area contributed by atoms with Crippen LogP contribution in [0.5, 0.6) is 0 Å². The van der Waals surface area contributed by atoms with Crippen LogP contribution in [0.2, 0.25) is 0 Å². The standard InChI is InChI=1S/C19H17N2.C18H18N2.C17H15N2.C16H18N2.C12H16N2.C11H14N2.15C2H6/c1-14-8-7-10-16-15-9-3-4-11-17(15)21(19(14)16)18-12-5-6-13-20(18)2;1-12-7-6-10-16-14-8-4-5-9-15(14)17-11-19(3)13(2)20(17)18(12)16;1-12-6-5-9-15-13-7-3-4-8-14(13)16-10-11-18(2)19(16)17(12)15;1-12-8-4-5-9-14(12)18-13(2)17(3)15-10-6-7-11-16(15)18;1-10-6-4-5-7-12(10)14-9-8-13(3)11(14)2;1-10-6-3-4-7-11(10)13-9-5-8-12(13)2;15*1-2/h3-13H,1-2H3;4-11,13H,1-3H3;3-11H,1-2H3;4-11,13H,1-3H3;4-9,11H,1-3H3;3-7,9H,8H2,1-2H3;15*1-2H3/q+1;;+1;;;;;;;;;;;;;;;;;;/t;13-;;13-;11-;;;;;;;;;;;;;;;;/m.0.00................/s1. The lowest BCUT2D eigenvalue weighted by atomic mass is 9.90. The molecule has 0 aliphatic carbocycles. The van der Waals surface area contributed by atoms with Crippen LogP contribution >= 0.6 is 0 Å². The Kier molecular flexibility index (Phi) is 64.8. The van der Waals surface area contributed by atoms with Crippen LogP contribution in [-0.4, -0.2) is 77.1 Å². The molecule has 0 saturated carbocycles. The highest BCUT2D eigenvalue weighted by Crippen LogP contribution is 2.50. The summed E-state index contributed by atoms with van der Waals surface area (Å²) in [7, 11) is 12.7. The molecule has 0 radical (unpaired) electrons. The molecule has 0 fully saturated rings. The van der Waals surface area contributed by atoms with Crippen molar-refractivity contribution < 1.29 is 9.25 Å². The van der Waals surface area contributed by atoms with Crippen LogP contribution in [0.3, 0.4) is 0 Å². The number of nitrogens with zero attached hydrogens (tertiary/aromatic N) is 12. The Balaban J connectivity index is 0. The van der Waals surface area contributed by atoms with E-state index in [0.717, 1.165) is 6.54 Å². The SMILES string of the molecule is CC.CC.CC.CC.CC.CC.CC.CC.CC.CC.CC.CC.CC.CC.CC.Cc1cccc2c1N1C(=CN(C)[C@@H]1C)c1ccccc1-2.Cc1cccc2c3ccccc3c3cc[n+](C)n3c12.Cc1cccc2c3ccccc3n(-c3cccc[n+]3C)c12.Cc1ccccc1N1C=CCN1C.Cc1ccccc1N1C=CN(C)[C@@H]1C.Cc1ccccc1N1c2ccccc2N(C)[C@@H]1C.